The van der Waals surface area contributed by atoms with Gasteiger partial charge in [-0.3, -0.25) is 9.59 Å². The molecule has 0 aliphatic rings. The number of benzene rings is 1. The van der Waals surface area contributed by atoms with Crippen LogP contribution in [0.25, 0.3) is 0 Å². The van der Waals surface area contributed by atoms with Gasteiger partial charge in [0.2, 0.25) is 0 Å². The molecule has 0 fully saturated rings. The lowest BCUT2D eigenvalue weighted by Crippen LogP contribution is -2.41. The van der Waals surface area contributed by atoms with Crippen LogP contribution in [0.3, 0.4) is 0 Å². The number of hydrogen-bond acceptors (Lipinski definition) is 11. The quantitative estimate of drug-likeness (QED) is 0.154. The summed E-state index contributed by atoms with van der Waals surface area (Å²) in [5.74, 6) is -1.05. The first kappa shape index (κ1) is 31.7. The van der Waals surface area contributed by atoms with E-state index in [0.29, 0.717) is 18.4 Å². The monoisotopic (exact) mass is 525 g/mol. The molecule has 0 saturated carbocycles. The molecule has 0 aromatic heterocycles. The number of carbonyl (C=O) groups is 4. The summed E-state index contributed by atoms with van der Waals surface area (Å²) in [7, 11) is 1.26. The number of carbonyl (C=O) groups excluding carboxylic acids is 4. The van der Waals surface area contributed by atoms with Crippen LogP contribution >= 0.6 is 0 Å². The first-order valence-electron chi connectivity index (χ1n) is 12.4. The van der Waals surface area contributed by atoms with Gasteiger partial charge in [0, 0.05) is 6.54 Å². The van der Waals surface area contributed by atoms with Gasteiger partial charge in [-0.25, -0.2) is 9.59 Å². The van der Waals surface area contributed by atoms with Gasteiger partial charge in [0.15, 0.2) is 11.5 Å². The van der Waals surface area contributed by atoms with E-state index in [1.807, 2.05) is 27.7 Å². The molecule has 0 amide bonds. The molecule has 0 radical (unpaired) electrons. The zero-order chi connectivity index (χ0) is 27.8. The lowest BCUT2D eigenvalue weighted by Gasteiger charge is -2.19. The van der Waals surface area contributed by atoms with E-state index in [1.54, 1.807) is 13.0 Å². The second-order valence-electron chi connectivity index (χ2n) is 8.62. The fourth-order valence-corrected chi connectivity index (χ4v) is 2.86. The van der Waals surface area contributed by atoms with Crippen molar-refractivity contribution in [2.24, 2.45) is 11.8 Å². The minimum Gasteiger partial charge on any atom is -0.468 e. The summed E-state index contributed by atoms with van der Waals surface area (Å²) in [4.78, 5) is 48.3. The van der Waals surface area contributed by atoms with Gasteiger partial charge >= 0.3 is 24.2 Å². The second kappa shape index (κ2) is 17.2. The Morgan fingerprint density at radius 3 is 1.95 bits per heavy atom. The number of esters is 2. The molecule has 0 spiro atoms. The summed E-state index contributed by atoms with van der Waals surface area (Å²) in [6.07, 6.45) is -0.564. The average Bonchev–Trinajstić information content (AvgIpc) is 2.88. The van der Waals surface area contributed by atoms with E-state index in [0.717, 1.165) is 0 Å². The smallest absolute Gasteiger partial charge is 0.468 e. The molecule has 208 valence electrons. The summed E-state index contributed by atoms with van der Waals surface area (Å²) in [6.45, 7) is 9.95. The molecule has 1 aromatic carbocycles. The highest BCUT2D eigenvalue weighted by molar-refractivity contribution is 5.76. The number of ether oxygens (including phenoxy) is 6. The topological polar surface area (TPSA) is 136 Å². The van der Waals surface area contributed by atoms with Gasteiger partial charge in [-0.2, -0.15) is 0 Å². The third-order valence-corrected chi connectivity index (χ3v) is 5.28. The highest BCUT2D eigenvalue weighted by atomic mass is 16.7. The van der Waals surface area contributed by atoms with Crippen LogP contribution in [-0.2, 0) is 35.0 Å². The Bertz CT molecular complexity index is 886. The fraction of sp³-hybridized carbons (Fsp3) is 0.615. The lowest BCUT2D eigenvalue weighted by atomic mass is 9.99. The molecule has 11 nitrogen and oxygen atoms in total. The molecule has 0 aliphatic carbocycles. The normalized spacial score (nSPS) is 12.3. The Morgan fingerprint density at radius 1 is 0.811 bits per heavy atom. The number of hydrogen-bond donors (Lipinski definition) is 1. The Kier molecular flexibility index (Phi) is 14.7. The first-order chi connectivity index (χ1) is 17.6. The molecule has 0 saturated heterocycles. The van der Waals surface area contributed by atoms with Crippen molar-refractivity contribution < 1.29 is 47.6 Å². The summed E-state index contributed by atoms with van der Waals surface area (Å²) < 4.78 is 30.4. The van der Waals surface area contributed by atoms with Gasteiger partial charge in [-0.15, -0.1) is 0 Å². The van der Waals surface area contributed by atoms with Crippen LogP contribution in [0.2, 0.25) is 0 Å². The van der Waals surface area contributed by atoms with Crippen molar-refractivity contribution in [3.63, 3.8) is 0 Å². The van der Waals surface area contributed by atoms with Gasteiger partial charge < -0.3 is 33.7 Å². The molecule has 2 atom stereocenters. The second-order valence-corrected chi connectivity index (χ2v) is 8.62. The average molecular weight is 526 g/mol. The summed E-state index contributed by atoms with van der Waals surface area (Å²) in [6, 6.07) is 3.70. The van der Waals surface area contributed by atoms with Crippen molar-refractivity contribution in [1.82, 2.24) is 5.32 Å². The molecule has 1 rings (SSSR count). The first-order valence-corrected chi connectivity index (χ1v) is 12.4. The van der Waals surface area contributed by atoms with Crippen molar-refractivity contribution in [2.75, 3.05) is 33.5 Å². The summed E-state index contributed by atoms with van der Waals surface area (Å²) in [5.41, 5.74) is 0.570. The molecule has 1 unspecified atom stereocenters. The zero-order valence-electron chi connectivity index (χ0n) is 22.5. The van der Waals surface area contributed by atoms with Crippen LogP contribution in [0.4, 0.5) is 9.59 Å². The molecular formula is C26H39NO10. The maximum atomic E-state index is 12.4. The minimum atomic E-state index is -0.967. The predicted molar refractivity (Wildman–Crippen MR) is 133 cm³/mol. The lowest BCUT2D eigenvalue weighted by molar-refractivity contribution is -0.149. The molecule has 0 aliphatic heterocycles. The van der Waals surface area contributed by atoms with E-state index >= 15 is 0 Å². The zero-order valence-corrected chi connectivity index (χ0v) is 22.5. The molecule has 1 N–H and O–H groups in total. The number of methoxy groups -OCH3 is 1. The van der Waals surface area contributed by atoms with Crippen LogP contribution < -0.4 is 14.8 Å². The molecule has 11 heteroatoms. The fourth-order valence-electron chi connectivity index (χ4n) is 2.86. The van der Waals surface area contributed by atoms with Gasteiger partial charge in [0.1, 0.15) is 12.6 Å². The van der Waals surface area contributed by atoms with Crippen LogP contribution in [0.5, 0.6) is 11.5 Å². The molecule has 0 bridgehead atoms. The van der Waals surface area contributed by atoms with Gasteiger partial charge in [-0.05, 0) is 42.9 Å². The number of nitrogens with one attached hydrogen (secondary N) is 1. The third kappa shape index (κ3) is 12.0. The Hall–Kier alpha value is -3.34. The number of rotatable bonds is 15. The Morgan fingerprint density at radius 2 is 1.41 bits per heavy atom. The molecular weight excluding hydrogens is 486 g/mol. The van der Waals surface area contributed by atoms with Gasteiger partial charge in [-0.1, -0.05) is 40.7 Å². The SMILES string of the molecule is CCCOC(=O)Oc1ccc(C[C@H](NCCOC(=O)C(C)C(C)C)C(=O)OC)cc1OC(=O)OCCC. The van der Waals surface area contributed by atoms with E-state index in [1.165, 1.54) is 19.2 Å². The predicted octanol–water partition coefficient (Wildman–Crippen LogP) is 4.05. The van der Waals surface area contributed by atoms with Crippen LogP contribution in [0.15, 0.2) is 18.2 Å². The van der Waals surface area contributed by atoms with Crippen LogP contribution in [0, 0.1) is 11.8 Å². The highest BCUT2D eigenvalue weighted by Gasteiger charge is 2.23. The van der Waals surface area contributed by atoms with E-state index in [2.05, 4.69) is 5.32 Å². The van der Waals surface area contributed by atoms with Gasteiger partial charge in [0.05, 0.1) is 26.2 Å². The van der Waals surface area contributed by atoms with Gasteiger partial charge in [0.25, 0.3) is 0 Å². The van der Waals surface area contributed by atoms with E-state index < -0.39 is 24.3 Å². The summed E-state index contributed by atoms with van der Waals surface area (Å²) >= 11 is 0. The summed E-state index contributed by atoms with van der Waals surface area (Å²) in [5, 5.41) is 3.01. The van der Waals surface area contributed by atoms with Crippen LogP contribution in [-0.4, -0.2) is 63.8 Å². The van der Waals surface area contributed by atoms with E-state index in [9.17, 15) is 19.2 Å². The molecule has 0 heterocycles. The van der Waals surface area contributed by atoms with Crippen molar-refractivity contribution in [2.45, 2.75) is 59.9 Å². The maximum absolute atomic E-state index is 12.4. The minimum absolute atomic E-state index is 0.0490. The molecule has 1 aromatic rings. The van der Waals surface area contributed by atoms with Crippen molar-refractivity contribution in [3.8, 4) is 11.5 Å². The van der Waals surface area contributed by atoms with Crippen molar-refractivity contribution >= 4 is 24.2 Å². The maximum Gasteiger partial charge on any atom is 0.513 e. The molecule has 37 heavy (non-hydrogen) atoms. The Labute approximate surface area is 218 Å². The Balaban J connectivity index is 2.95. The third-order valence-electron chi connectivity index (χ3n) is 5.28. The van der Waals surface area contributed by atoms with Crippen molar-refractivity contribution in [3.05, 3.63) is 23.8 Å². The highest BCUT2D eigenvalue weighted by Crippen LogP contribution is 2.30. The van der Waals surface area contributed by atoms with E-state index in [4.69, 9.17) is 28.4 Å². The van der Waals surface area contributed by atoms with Crippen molar-refractivity contribution in [1.29, 1.82) is 0 Å². The standard InChI is InChI=1S/C26H39NO10/c1-7-12-34-25(30)36-21-10-9-19(16-22(21)37-26(31)35-13-8-2)15-20(24(29)32-6)27-11-14-33-23(28)18(5)17(3)4/h9-10,16-18,20,27H,7-8,11-15H2,1-6H3/t18?,20-/m0/s1. The largest absolute Gasteiger partial charge is 0.513 e. The van der Waals surface area contributed by atoms with Crippen LogP contribution in [0.1, 0.15) is 53.0 Å². The van der Waals surface area contributed by atoms with E-state index in [-0.39, 0.29) is 62.1 Å².